The minimum atomic E-state index is 0.728. The van der Waals surface area contributed by atoms with Crippen molar-refractivity contribution in [3.05, 3.63) is 53.5 Å². The largest absolute Gasteiger partial charge is 0.497 e. The minimum absolute atomic E-state index is 0.728. The van der Waals surface area contributed by atoms with Crippen LogP contribution in [-0.4, -0.2) is 52.5 Å². The summed E-state index contributed by atoms with van der Waals surface area (Å²) in [6.07, 6.45) is 0. The van der Waals surface area contributed by atoms with Crippen molar-refractivity contribution in [3.63, 3.8) is 0 Å². The first kappa shape index (κ1) is 20.5. The summed E-state index contributed by atoms with van der Waals surface area (Å²) in [4.78, 5) is 8.88. The van der Waals surface area contributed by atoms with Gasteiger partial charge in [-0.15, -0.1) is 11.3 Å². The molecule has 1 aliphatic rings. The highest BCUT2D eigenvalue weighted by molar-refractivity contribution is 7.13. The molecule has 1 saturated heterocycles. The van der Waals surface area contributed by atoms with Crippen LogP contribution in [0.25, 0.3) is 10.6 Å². The Balaban J connectivity index is 1.37. The predicted octanol–water partition coefficient (Wildman–Crippen LogP) is 2.74. The summed E-state index contributed by atoms with van der Waals surface area (Å²) >= 11 is 1.68. The number of anilines is 1. The van der Waals surface area contributed by atoms with Crippen LogP contribution in [-0.2, 0) is 6.54 Å². The highest BCUT2D eigenvalue weighted by Crippen LogP contribution is 2.33. The van der Waals surface area contributed by atoms with Crippen molar-refractivity contribution < 1.29 is 19.1 Å². The van der Waals surface area contributed by atoms with E-state index >= 15 is 0 Å². The van der Waals surface area contributed by atoms with Crippen LogP contribution in [0.3, 0.4) is 0 Å². The Hall–Kier alpha value is -2.77. The van der Waals surface area contributed by atoms with Crippen LogP contribution in [0.4, 0.5) is 5.69 Å². The van der Waals surface area contributed by atoms with Crippen LogP contribution >= 0.6 is 11.3 Å². The van der Waals surface area contributed by atoms with Gasteiger partial charge in [-0.1, -0.05) is 6.07 Å². The molecule has 1 aromatic heterocycles. The number of hydrogen-bond donors (Lipinski definition) is 1. The molecule has 6 nitrogen and oxygen atoms in total. The normalized spacial score (nSPS) is 14.6. The van der Waals surface area contributed by atoms with Crippen LogP contribution < -0.4 is 24.0 Å². The Morgan fingerprint density at radius 2 is 1.77 bits per heavy atom. The number of aromatic nitrogens is 1. The molecule has 7 heteroatoms. The lowest BCUT2D eigenvalue weighted by Crippen LogP contribution is -3.13. The van der Waals surface area contributed by atoms with Crippen LogP contribution in [0.15, 0.2) is 47.8 Å². The Morgan fingerprint density at radius 1 is 0.967 bits per heavy atom. The lowest BCUT2D eigenvalue weighted by atomic mass is 10.2. The molecule has 1 aliphatic heterocycles. The fraction of sp³-hybridized carbons (Fsp3) is 0.348. The minimum Gasteiger partial charge on any atom is -0.497 e. The smallest absolute Gasteiger partial charge is 0.161 e. The van der Waals surface area contributed by atoms with E-state index in [-0.39, 0.29) is 0 Å². The number of methoxy groups -OCH3 is 3. The number of nitrogens with zero attached hydrogens (tertiary/aromatic N) is 2. The van der Waals surface area contributed by atoms with Gasteiger partial charge in [0.1, 0.15) is 23.0 Å². The van der Waals surface area contributed by atoms with Gasteiger partial charge in [0.15, 0.2) is 11.5 Å². The second-order valence-electron chi connectivity index (χ2n) is 7.33. The van der Waals surface area contributed by atoms with E-state index in [1.807, 2.05) is 24.3 Å². The molecule has 0 radical (unpaired) electrons. The zero-order valence-electron chi connectivity index (χ0n) is 17.7. The van der Waals surface area contributed by atoms with Gasteiger partial charge in [-0.2, -0.15) is 0 Å². The fourth-order valence-corrected chi connectivity index (χ4v) is 4.63. The molecule has 1 fully saturated rings. The third-order valence-corrected chi connectivity index (χ3v) is 6.44. The quantitative estimate of drug-likeness (QED) is 0.630. The van der Waals surface area contributed by atoms with Gasteiger partial charge in [-0.25, -0.2) is 4.98 Å². The molecule has 0 aliphatic carbocycles. The molecule has 30 heavy (non-hydrogen) atoms. The summed E-state index contributed by atoms with van der Waals surface area (Å²) in [5.41, 5.74) is 3.44. The molecule has 0 saturated carbocycles. The second-order valence-corrected chi connectivity index (χ2v) is 8.19. The molecule has 2 aromatic carbocycles. The number of rotatable bonds is 7. The Kier molecular flexibility index (Phi) is 6.40. The highest BCUT2D eigenvalue weighted by Gasteiger charge is 2.22. The Labute approximate surface area is 181 Å². The first-order chi connectivity index (χ1) is 14.7. The van der Waals surface area contributed by atoms with E-state index in [2.05, 4.69) is 28.5 Å². The first-order valence-corrected chi connectivity index (χ1v) is 11.0. The van der Waals surface area contributed by atoms with Gasteiger partial charge in [0.25, 0.3) is 0 Å². The van der Waals surface area contributed by atoms with E-state index in [9.17, 15) is 0 Å². The van der Waals surface area contributed by atoms with Crippen LogP contribution in [0.1, 0.15) is 5.69 Å². The van der Waals surface area contributed by atoms with Gasteiger partial charge in [0.05, 0.1) is 47.5 Å². The average Bonchev–Trinajstić information content (AvgIpc) is 3.27. The summed E-state index contributed by atoms with van der Waals surface area (Å²) in [5.74, 6) is 2.37. The van der Waals surface area contributed by atoms with Crippen molar-refractivity contribution in [1.29, 1.82) is 0 Å². The summed E-state index contributed by atoms with van der Waals surface area (Å²) in [7, 11) is 5.02. The molecular formula is C23H28N3O3S+. The maximum absolute atomic E-state index is 5.42. The SMILES string of the molecule is COc1cccc(N2CC[NH+](Cc3csc(-c4ccc(OC)c(OC)c4)n3)CC2)c1. The van der Waals surface area contributed by atoms with E-state index in [0.29, 0.717) is 0 Å². The molecule has 0 amide bonds. The lowest BCUT2D eigenvalue weighted by molar-refractivity contribution is -0.914. The maximum atomic E-state index is 5.42. The van der Waals surface area contributed by atoms with Gasteiger partial charge in [0, 0.05) is 22.7 Å². The summed E-state index contributed by atoms with van der Waals surface area (Å²) in [5, 5.41) is 3.19. The number of thiazole rings is 1. The molecular weight excluding hydrogens is 398 g/mol. The van der Waals surface area contributed by atoms with Gasteiger partial charge >= 0.3 is 0 Å². The summed E-state index contributed by atoms with van der Waals surface area (Å²) < 4.78 is 16.1. The summed E-state index contributed by atoms with van der Waals surface area (Å²) in [6, 6.07) is 14.3. The second kappa shape index (κ2) is 9.36. The number of hydrogen-bond acceptors (Lipinski definition) is 6. The van der Waals surface area contributed by atoms with Crippen molar-refractivity contribution in [2.45, 2.75) is 6.54 Å². The van der Waals surface area contributed by atoms with E-state index in [1.54, 1.807) is 37.6 Å². The van der Waals surface area contributed by atoms with Crippen LogP contribution in [0.5, 0.6) is 17.2 Å². The number of piperazine rings is 1. The monoisotopic (exact) mass is 426 g/mol. The number of ether oxygens (including phenoxy) is 3. The first-order valence-electron chi connectivity index (χ1n) is 10.1. The van der Waals surface area contributed by atoms with Gasteiger partial charge in [0.2, 0.25) is 0 Å². The van der Waals surface area contributed by atoms with Crippen molar-refractivity contribution in [2.75, 3.05) is 52.4 Å². The molecule has 1 N–H and O–H groups in total. The topological polar surface area (TPSA) is 48.3 Å². The van der Waals surface area contributed by atoms with Crippen molar-refractivity contribution in [1.82, 2.24) is 4.98 Å². The van der Waals surface area contributed by atoms with Gasteiger partial charge in [-0.3, -0.25) is 0 Å². The molecule has 0 unspecified atom stereocenters. The number of quaternary nitrogens is 1. The number of benzene rings is 2. The van der Waals surface area contributed by atoms with Crippen LogP contribution in [0.2, 0.25) is 0 Å². The third kappa shape index (κ3) is 4.52. The molecule has 0 atom stereocenters. The molecule has 0 spiro atoms. The summed E-state index contributed by atoms with van der Waals surface area (Å²) in [6.45, 7) is 5.22. The van der Waals surface area contributed by atoms with Crippen molar-refractivity contribution in [3.8, 4) is 27.8 Å². The molecule has 2 heterocycles. The number of nitrogens with one attached hydrogen (secondary N) is 1. The van der Waals surface area contributed by atoms with E-state index < -0.39 is 0 Å². The average molecular weight is 427 g/mol. The zero-order chi connectivity index (χ0) is 20.9. The Bertz CT molecular complexity index is 983. The van der Waals surface area contributed by atoms with Crippen molar-refractivity contribution >= 4 is 17.0 Å². The van der Waals surface area contributed by atoms with Crippen molar-refractivity contribution in [2.24, 2.45) is 0 Å². The molecule has 4 rings (SSSR count). The third-order valence-electron chi connectivity index (χ3n) is 5.50. The predicted molar refractivity (Wildman–Crippen MR) is 120 cm³/mol. The molecule has 158 valence electrons. The molecule has 3 aromatic rings. The zero-order valence-corrected chi connectivity index (χ0v) is 18.5. The van der Waals surface area contributed by atoms with E-state index in [4.69, 9.17) is 19.2 Å². The van der Waals surface area contributed by atoms with Gasteiger partial charge < -0.3 is 24.0 Å². The lowest BCUT2D eigenvalue weighted by Gasteiger charge is -2.33. The highest BCUT2D eigenvalue weighted by atomic mass is 32.1. The Morgan fingerprint density at radius 3 is 2.50 bits per heavy atom. The molecule has 0 bridgehead atoms. The van der Waals surface area contributed by atoms with E-state index in [0.717, 1.165) is 66.2 Å². The maximum Gasteiger partial charge on any atom is 0.161 e. The van der Waals surface area contributed by atoms with Crippen LogP contribution in [0, 0.1) is 0 Å². The fourth-order valence-electron chi connectivity index (χ4n) is 3.81. The standard InChI is InChI=1S/C23H27N3O3S/c1-27-20-6-4-5-19(14-20)26-11-9-25(10-12-26)15-18-16-30-23(24-18)17-7-8-21(28-2)22(13-17)29-3/h4-8,13-14,16H,9-12,15H2,1-3H3/p+1. The van der Waals surface area contributed by atoms with Gasteiger partial charge in [-0.05, 0) is 30.3 Å². The van der Waals surface area contributed by atoms with E-state index in [1.165, 1.54) is 5.69 Å².